The number of amides is 2. The molecule has 7 heteroatoms. The van der Waals surface area contributed by atoms with Gasteiger partial charge >= 0.3 is 0 Å². The smallest absolute Gasteiger partial charge is 0.243 e. The lowest BCUT2D eigenvalue weighted by molar-refractivity contribution is -0.121. The topological polar surface area (TPSA) is 74.8 Å². The molecule has 1 aromatic rings. The van der Waals surface area contributed by atoms with Crippen molar-refractivity contribution in [2.75, 3.05) is 4.90 Å². The zero-order chi connectivity index (χ0) is 17.5. The number of hydrogen-bond acceptors (Lipinski definition) is 4. The average Bonchev–Trinajstić information content (AvgIpc) is 2.86. The fraction of sp³-hybridized carbons (Fsp3) is 0.529. The van der Waals surface area contributed by atoms with Crippen LogP contribution in [-0.2, 0) is 19.6 Å². The lowest BCUT2D eigenvalue weighted by atomic mass is 10.0. The summed E-state index contributed by atoms with van der Waals surface area (Å²) in [5, 5.41) is 0. The van der Waals surface area contributed by atoms with Gasteiger partial charge in [0.1, 0.15) is 0 Å². The van der Waals surface area contributed by atoms with E-state index in [0.717, 1.165) is 24.2 Å². The predicted octanol–water partition coefficient (Wildman–Crippen LogP) is 2.29. The van der Waals surface area contributed by atoms with Gasteiger partial charge in [-0.05, 0) is 51.0 Å². The van der Waals surface area contributed by atoms with Crippen molar-refractivity contribution in [2.45, 2.75) is 62.9 Å². The summed E-state index contributed by atoms with van der Waals surface area (Å²) >= 11 is 0. The molecule has 0 radical (unpaired) electrons. The molecule has 0 bridgehead atoms. The summed E-state index contributed by atoms with van der Waals surface area (Å²) in [6, 6.07) is 5.98. The SMILES string of the molecule is C[C@@H]1CCC[C@H](C)N1S(=O)(=O)c1ccc(N2C(=O)CCC2=O)cc1. The van der Waals surface area contributed by atoms with Crippen molar-refractivity contribution in [1.29, 1.82) is 0 Å². The van der Waals surface area contributed by atoms with Crippen LogP contribution < -0.4 is 4.90 Å². The first-order chi connectivity index (χ1) is 11.3. The van der Waals surface area contributed by atoms with Gasteiger partial charge in [0.25, 0.3) is 0 Å². The van der Waals surface area contributed by atoms with Gasteiger partial charge in [0.15, 0.2) is 0 Å². The zero-order valence-electron chi connectivity index (χ0n) is 13.9. The van der Waals surface area contributed by atoms with Crippen molar-refractivity contribution in [3.8, 4) is 0 Å². The second-order valence-electron chi connectivity index (χ2n) is 6.58. The van der Waals surface area contributed by atoms with Gasteiger partial charge in [-0.2, -0.15) is 4.31 Å². The van der Waals surface area contributed by atoms with Gasteiger partial charge < -0.3 is 0 Å². The van der Waals surface area contributed by atoms with Crippen LogP contribution in [0.4, 0.5) is 5.69 Å². The summed E-state index contributed by atoms with van der Waals surface area (Å²) in [5.74, 6) is -0.484. The van der Waals surface area contributed by atoms with Gasteiger partial charge in [-0.1, -0.05) is 6.42 Å². The van der Waals surface area contributed by atoms with Crippen molar-refractivity contribution in [3.63, 3.8) is 0 Å². The summed E-state index contributed by atoms with van der Waals surface area (Å²) in [6.07, 6.45) is 3.17. The highest BCUT2D eigenvalue weighted by Crippen LogP contribution is 2.31. The third-order valence-corrected chi connectivity index (χ3v) is 6.98. The maximum Gasteiger partial charge on any atom is 0.243 e. The number of hydrogen-bond donors (Lipinski definition) is 0. The number of benzene rings is 1. The molecule has 6 nitrogen and oxygen atoms in total. The first kappa shape index (κ1) is 17.1. The van der Waals surface area contributed by atoms with Crippen molar-refractivity contribution in [2.24, 2.45) is 0 Å². The van der Waals surface area contributed by atoms with Gasteiger partial charge in [-0.15, -0.1) is 0 Å². The Morgan fingerprint density at radius 1 is 0.917 bits per heavy atom. The fourth-order valence-corrected chi connectivity index (χ4v) is 5.51. The van der Waals surface area contributed by atoms with E-state index in [1.54, 1.807) is 4.31 Å². The summed E-state index contributed by atoms with van der Waals surface area (Å²) in [6.45, 7) is 3.87. The number of nitrogens with zero attached hydrogens (tertiary/aromatic N) is 2. The molecule has 0 unspecified atom stereocenters. The molecule has 2 amide bonds. The molecule has 0 aromatic heterocycles. The fourth-order valence-electron chi connectivity index (χ4n) is 3.62. The Kier molecular flexibility index (Phi) is 4.48. The van der Waals surface area contributed by atoms with E-state index in [1.807, 2.05) is 13.8 Å². The maximum atomic E-state index is 12.9. The number of imide groups is 1. The Labute approximate surface area is 142 Å². The molecule has 0 aliphatic carbocycles. The van der Waals surface area contributed by atoms with Crippen LogP contribution in [0.5, 0.6) is 0 Å². The number of sulfonamides is 1. The van der Waals surface area contributed by atoms with Crippen LogP contribution in [0.3, 0.4) is 0 Å². The van der Waals surface area contributed by atoms with Crippen LogP contribution >= 0.6 is 0 Å². The molecule has 24 heavy (non-hydrogen) atoms. The molecule has 2 saturated heterocycles. The number of anilines is 1. The monoisotopic (exact) mass is 350 g/mol. The molecule has 2 fully saturated rings. The van der Waals surface area contributed by atoms with Crippen molar-refractivity contribution >= 4 is 27.5 Å². The van der Waals surface area contributed by atoms with Crippen LogP contribution in [0.15, 0.2) is 29.2 Å². The maximum absolute atomic E-state index is 12.9. The van der Waals surface area contributed by atoms with E-state index < -0.39 is 10.0 Å². The Morgan fingerprint density at radius 3 is 1.92 bits per heavy atom. The highest BCUT2D eigenvalue weighted by molar-refractivity contribution is 7.89. The Hall–Kier alpha value is -1.73. The van der Waals surface area contributed by atoms with Gasteiger partial charge in [0.05, 0.1) is 10.6 Å². The van der Waals surface area contributed by atoms with Crippen LogP contribution in [-0.4, -0.2) is 36.6 Å². The van der Waals surface area contributed by atoms with E-state index in [9.17, 15) is 18.0 Å². The van der Waals surface area contributed by atoms with Gasteiger partial charge in [0, 0.05) is 24.9 Å². The van der Waals surface area contributed by atoms with E-state index in [1.165, 1.54) is 24.3 Å². The molecular formula is C17H22N2O4S. The number of carbonyl (C=O) groups is 2. The quantitative estimate of drug-likeness (QED) is 0.784. The second kappa shape index (κ2) is 6.29. The van der Waals surface area contributed by atoms with E-state index in [2.05, 4.69) is 0 Å². The molecule has 130 valence electrons. The van der Waals surface area contributed by atoms with Crippen LogP contribution in [0, 0.1) is 0 Å². The standard InChI is InChI=1S/C17H22N2O4S/c1-12-4-3-5-13(2)19(12)24(22,23)15-8-6-14(7-9-15)18-16(20)10-11-17(18)21/h6-9,12-13H,3-5,10-11H2,1-2H3/t12-,13+. The van der Waals surface area contributed by atoms with E-state index in [0.29, 0.717) is 5.69 Å². The molecule has 2 heterocycles. The lowest BCUT2D eigenvalue weighted by Crippen LogP contribution is -2.47. The lowest BCUT2D eigenvalue weighted by Gasteiger charge is -2.37. The van der Waals surface area contributed by atoms with Crippen LogP contribution in [0.1, 0.15) is 46.0 Å². The number of carbonyl (C=O) groups excluding carboxylic acids is 2. The number of rotatable bonds is 3. The minimum absolute atomic E-state index is 0.0276. The molecule has 2 aliphatic rings. The molecule has 0 N–H and O–H groups in total. The highest BCUT2D eigenvalue weighted by Gasteiger charge is 2.36. The van der Waals surface area contributed by atoms with Crippen molar-refractivity contribution in [1.82, 2.24) is 4.31 Å². The summed E-state index contributed by atoms with van der Waals surface area (Å²) in [4.78, 5) is 24.9. The molecular weight excluding hydrogens is 328 g/mol. The van der Waals surface area contributed by atoms with E-state index >= 15 is 0 Å². The third kappa shape index (κ3) is 2.86. The Balaban J connectivity index is 1.90. The third-order valence-electron chi connectivity index (χ3n) is 4.83. The Morgan fingerprint density at radius 2 is 1.42 bits per heavy atom. The Bertz CT molecular complexity index is 731. The first-order valence-electron chi connectivity index (χ1n) is 8.32. The van der Waals surface area contributed by atoms with E-state index in [-0.39, 0.29) is 41.6 Å². The van der Waals surface area contributed by atoms with Crippen molar-refractivity contribution in [3.05, 3.63) is 24.3 Å². The predicted molar refractivity (Wildman–Crippen MR) is 90.0 cm³/mol. The molecule has 1 aromatic carbocycles. The average molecular weight is 350 g/mol. The highest BCUT2D eigenvalue weighted by atomic mass is 32.2. The summed E-state index contributed by atoms with van der Waals surface area (Å²) in [7, 11) is -3.58. The van der Waals surface area contributed by atoms with Crippen LogP contribution in [0.25, 0.3) is 0 Å². The molecule has 3 rings (SSSR count). The molecule has 0 spiro atoms. The van der Waals surface area contributed by atoms with Gasteiger partial charge in [0.2, 0.25) is 21.8 Å². The molecule has 0 saturated carbocycles. The molecule has 2 aliphatic heterocycles. The summed E-state index contributed by atoms with van der Waals surface area (Å²) in [5.41, 5.74) is 0.432. The first-order valence-corrected chi connectivity index (χ1v) is 9.76. The minimum atomic E-state index is -3.58. The van der Waals surface area contributed by atoms with E-state index in [4.69, 9.17) is 0 Å². The number of piperidine rings is 1. The summed E-state index contributed by atoms with van der Waals surface area (Å²) < 4.78 is 27.5. The zero-order valence-corrected chi connectivity index (χ0v) is 14.8. The normalized spacial score (nSPS) is 26.2. The van der Waals surface area contributed by atoms with Gasteiger partial charge in [-0.3, -0.25) is 14.5 Å². The minimum Gasteiger partial charge on any atom is -0.274 e. The van der Waals surface area contributed by atoms with Crippen molar-refractivity contribution < 1.29 is 18.0 Å². The van der Waals surface area contributed by atoms with Gasteiger partial charge in [-0.25, -0.2) is 8.42 Å². The largest absolute Gasteiger partial charge is 0.274 e. The molecule has 2 atom stereocenters. The second-order valence-corrected chi connectivity index (χ2v) is 8.42. The van der Waals surface area contributed by atoms with Crippen LogP contribution in [0.2, 0.25) is 0 Å².